The molecule has 0 aliphatic rings. The van der Waals surface area contributed by atoms with Gasteiger partial charge in [-0.2, -0.15) is 0 Å². The number of aromatic nitrogens is 2. The summed E-state index contributed by atoms with van der Waals surface area (Å²) < 4.78 is 2.09. The van der Waals surface area contributed by atoms with Crippen LogP contribution < -0.4 is 0 Å². The molecule has 2 rings (SSSR count). The van der Waals surface area contributed by atoms with Crippen molar-refractivity contribution in [1.29, 1.82) is 0 Å². The van der Waals surface area contributed by atoms with E-state index in [9.17, 15) is 0 Å². The van der Waals surface area contributed by atoms with Gasteiger partial charge in [-0.15, -0.1) is 0 Å². The molecule has 19 heavy (non-hydrogen) atoms. The van der Waals surface area contributed by atoms with Gasteiger partial charge in [-0.3, -0.25) is 0 Å². The SMILES string of the molecule is CC(C)(C)CCCc1ccc(Cn2ccnc2)cc1. The fourth-order valence-corrected chi connectivity index (χ4v) is 2.23. The summed E-state index contributed by atoms with van der Waals surface area (Å²) >= 11 is 0. The lowest BCUT2D eigenvalue weighted by Crippen LogP contribution is -2.05. The second kappa shape index (κ2) is 6.05. The van der Waals surface area contributed by atoms with E-state index >= 15 is 0 Å². The maximum absolute atomic E-state index is 4.06. The lowest BCUT2D eigenvalue weighted by atomic mass is 9.89. The molecule has 0 amide bonds. The molecule has 0 fully saturated rings. The molecule has 0 aliphatic carbocycles. The summed E-state index contributed by atoms with van der Waals surface area (Å²) in [7, 11) is 0. The van der Waals surface area contributed by atoms with Gasteiger partial charge < -0.3 is 4.57 Å². The Morgan fingerprint density at radius 1 is 1.05 bits per heavy atom. The molecule has 0 saturated carbocycles. The molecule has 0 atom stereocenters. The first kappa shape index (κ1) is 13.9. The van der Waals surface area contributed by atoms with E-state index in [1.54, 1.807) is 0 Å². The summed E-state index contributed by atoms with van der Waals surface area (Å²) in [6.45, 7) is 7.83. The van der Waals surface area contributed by atoms with Crippen molar-refractivity contribution in [2.45, 2.75) is 46.6 Å². The second-order valence-electron chi connectivity index (χ2n) is 6.47. The topological polar surface area (TPSA) is 17.8 Å². The predicted octanol–water partition coefficient (Wildman–Crippen LogP) is 4.30. The molecule has 2 heteroatoms. The minimum Gasteiger partial charge on any atom is -0.333 e. The highest BCUT2D eigenvalue weighted by Gasteiger charge is 2.09. The molecule has 0 saturated heterocycles. The molecule has 0 spiro atoms. The summed E-state index contributed by atoms with van der Waals surface area (Å²) in [6.07, 6.45) is 9.41. The quantitative estimate of drug-likeness (QED) is 0.780. The maximum atomic E-state index is 4.06. The fraction of sp³-hybridized carbons (Fsp3) is 0.471. The monoisotopic (exact) mass is 256 g/mol. The first-order chi connectivity index (χ1) is 9.03. The van der Waals surface area contributed by atoms with Crippen molar-refractivity contribution in [1.82, 2.24) is 9.55 Å². The molecule has 1 aromatic carbocycles. The van der Waals surface area contributed by atoms with Crippen LogP contribution in [0.1, 0.15) is 44.7 Å². The third-order valence-electron chi connectivity index (χ3n) is 3.34. The van der Waals surface area contributed by atoms with Gasteiger partial charge in [0.05, 0.1) is 6.33 Å². The van der Waals surface area contributed by atoms with Crippen molar-refractivity contribution in [2.24, 2.45) is 5.41 Å². The number of imidazole rings is 1. The van der Waals surface area contributed by atoms with Crippen LogP contribution in [0.15, 0.2) is 43.0 Å². The number of hydrogen-bond acceptors (Lipinski definition) is 1. The van der Waals surface area contributed by atoms with Gasteiger partial charge in [-0.1, -0.05) is 45.0 Å². The second-order valence-corrected chi connectivity index (χ2v) is 6.47. The van der Waals surface area contributed by atoms with Gasteiger partial charge in [0.1, 0.15) is 0 Å². The molecule has 0 N–H and O–H groups in total. The van der Waals surface area contributed by atoms with Gasteiger partial charge in [-0.25, -0.2) is 4.98 Å². The van der Waals surface area contributed by atoms with Crippen molar-refractivity contribution >= 4 is 0 Å². The first-order valence-electron chi connectivity index (χ1n) is 7.06. The number of rotatable bonds is 5. The Kier molecular flexibility index (Phi) is 4.41. The van der Waals surface area contributed by atoms with E-state index in [-0.39, 0.29) is 0 Å². The minimum absolute atomic E-state index is 0.446. The van der Waals surface area contributed by atoms with E-state index in [4.69, 9.17) is 0 Å². The smallest absolute Gasteiger partial charge is 0.0949 e. The van der Waals surface area contributed by atoms with Crippen molar-refractivity contribution < 1.29 is 0 Å². The molecule has 2 aromatic rings. The first-order valence-corrected chi connectivity index (χ1v) is 7.06. The van der Waals surface area contributed by atoms with Crippen molar-refractivity contribution in [3.05, 3.63) is 54.1 Å². The summed E-state index contributed by atoms with van der Waals surface area (Å²) in [5, 5.41) is 0. The molecule has 0 bridgehead atoms. The van der Waals surface area contributed by atoms with Crippen LogP contribution in [-0.4, -0.2) is 9.55 Å². The lowest BCUT2D eigenvalue weighted by molar-refractivity contribution is 0.365. The lowest BCUT2D eigenvalue weighted by Gasteiger charge is -2.17. The Balaban J connectivity index is 1.84. The maximum Gasteiger partial charge on any atom is 0.0949 e. The molecule has 0 radical (unpaired) electrons. The van der Waals surface area contributed by atoms with Crippen LogP contribution >= 0.6 is 0 Å². The average molecular weight is 256 g/mol. The molecular weight excluding hydrogens is 232 g/mol. The molecule has 0 aliphatic heterocycles. The van der Waals surface area contributed by atoms with Gasteiger partial charge in [-0.05, 0) is 35.8 Å². The highest BCUT2D eigenvalue weighted by atomic mass is 15.0. The Morgan fingerprint density at radius 3 is 2.32 bits per heavy atom. The molecular formula is C17H24N2. The largest absolute Gasteiger partial charge is 0.333 e. The fourth-order valence-electron chi connectivity index (χ4n) is 2.23. The van der Waals surface area contributed by atoms with Crippen LogP contribution in [0, 0.1) is 5.41 Å². The third kappa shape index (κ3) is 4.90. The highest BCUT2D eigenvalue weighted by Crippen LogP contribution is 2.22. The normalized spacial score (nSPS) is 11.7. The summed E-state index contributed by atoms with van der Waals surface area (Å²) in [6, 6.07) is 8.97. The van der Waals surface area contributed by atoms with Gasteiger partial charge >= 0.3 is 0 Å². The zero-order chi connectivity index (χ0) is 13.7. The van der Waals surface area contributed by atoms with Crippen molar-refractivity contribution in [3.8, 4) is 0 Å². The van der Waals surface area contributed by atoms with E-state index in [1.807, 2.05) is 18.7 Å². The predicted molar refractivity (Wildman–Crippen MR) is 80.2 cm³/mol. The van der Waals surface area contributed by atoms with Crippen LogP contribution in [0.2, 0.25) is 0 Å². The number of benzene rings is 1. The van der Waals surface area contributed by atoms with E-state index in [0.29, 0.717) is 5.41 Å². The zero-order valence-electron chi connectivity index (χ0n) is 12.3. The van der Waals surface area contributed by atoms with E-state index in [1.165, 1.54) is 30.4 Å². The highest BCUT2D eigenvalue weighted by molar-refractivity contribution is 5.22. The van der Waals surface area contributed by atoms with E-state index < -0.39 is 0 Å². The molecule has 1 heterocycles. The van der Waals surface area contributed by atoms with E-state index in [0.717, 1.165) is 6.54 Å². The summed E-state index contributed by atoms with van der Waals surface area (Å²) in [4.78, 5) is 4.06. The Hall–Kier alpha value is -1.57. The Bertz CT molecular complexity index is 475. The van der Waals surface area contributed by atoms with E-state index in [2.05, 4.69) is 54.6 Å². The summed E-state index contributed by atoms with van der Waals surface area (Å²) in [5.74, 6) is 0. The van der Waals surface area contributed by atoms with Crippen LogP contribution in [-0.2, 0) is 13.0 Å². The standard InChI is InChI=1S/C17H24N2/c1-17(2,3)10-4-5-15-6-8-16(9-7-15)13-19-12-11-18-14-19/h6-9,11-12,14H,4-5,10,13H2,1-3H3. The van der Waals surface area contributed by atoms with Gasteiger partial charge in [0, 0.05) is 18.9 Å². The third-order valence-corrected chi connectivity index (χ3v) is 3.34. The average Bonchev–Trinajstić information content (AvgIpc) is 2.83. The van der Waals surface area contributed by atoms with Gasteiger partial charge in [0.25, 0.3) is 0 Å². The van der Waals surface area contributed by atoms with Gasteiger partial charge in [0.2, 0.25) is 0 Å². The Labute approximate surface area is 116 Å². The van der Waals surface area contributed by atoms with Gasteiger partial charge in [0.15, 0.2) is 0 Å². The zero-order valence-corrected chi connectivity index (χ0v) is 12.3. The van der Waals surface area contributed by atoms with Crippen molar-refractivity contribution in [3.63, 3.8) is 0 Å². The number of hydrogen-bond donors (Lipinski definition) is 0. The van der Waals surface area contributed by atoms with Crippen LogP contribution in [0.4, 0.5) is 0 Å². The van der Waals surface area contributed by atoms with Crippen LogP contribution in [0.5, 0.6) is 0 Å². The van der Waals surface area contributed by atoms with Crippen LogP contribution in [0.3, 0.4) is 0 Å². The molecule has 102 valence electrons. The Morgan fingerprint density at radius 2 is 1.74 bits per heavy atom. The molecule has 1 aromatic heterocycles. The number of nitrogens with zero attached hydrogens (tertiary/aromatic N) is 2. The van der Waals surface area contributed by atoms with Crippen molar-refractivity contribution in [2.75, 3.05) is 0 Å². The molecule has 0 unspecified atom stereocenters. The summed E-state index contributed by atoms with van der Waals surface area (Å²) in [5.41, 5.74) is 3.22. The molecule has 2 nitrogen and oxygen atoms in total. The van der Waals surface area contributed by atoms with Crippen LogP contribution in [0.25, 0.3) is 0 Å². The minimum atomic E-state index is 0.446. The number of aryl methyl sites for hydroxylation is 1.